The number of alkyl halides is 3. The minimum atomic E-state index is -4.66. The van der Waals surface area contributed by atoms with E-state index in [9.17, 15) is 17.6 Å². The Labute approximate surface area is 110 Å². The van der Waals surface area contributed by atoms with Gasteiger partial charge in [0.25, 0.3) is 0 Å². The summed E-state index contributed by atoms with van der Waals surface area (Å²) in [6, 6.07) is 3.00. The van der Waals surface area contributed by atoms with Gasteiger partial charge in [0.1, 0.15) is 5.82 Å². The molecular formula is C14H17F4N. The number of benzene rings is 1. The molecule has 5 heteroatoms. The van der Waals surface area contributed by atoms with E-state index in [4.69, 9.17) is 0 Å². The van der Waals surface area contributed by atoms with Crippen molar-refractivity contribution in [2.75, 3.05) is 13.1 Å². The van der Waals surface area contributed by atoms with Gasteiger partial charge in [0.2, 0.25) is 0 Å². The normalized spacial score (nSPS) is 12.3. The number of halogens is 4. The molecule has 19 heavy (non-hydrogen) atoms. The fraction of sp³-hybridized carbons (Fsp3) is 0.429. The first-order chi connectivity index (χ1) is 8.95. The molecule has 0 bridgehead atoms. The van der Waals surface area contributed by atoms with Gasteiger partial charge >= 0.3 is 6.18 Å². The van der Waals surface area contributed by atoms with E-state index >= 15 is 0 Å². The van der Waals surface area contributed by atoms with Gasteiger partial charge in [0.15, 0.2) is 0 Å². The highest BCUT2D eigenvalue weighted by Gasteiger charge is 2.33. The fourth-order valence-electron chi connectivity index (χ4n) is 1.57. The molecule has 0 radical (unpaired) electrons. The Morgan fingerprint density at radius 2 is 1.95 bits per heavy atom. The highest BCUT2D eigenvalue weighted by molar-refractivity contribution is 5.50. The van der Waals surface area contributed by atoms with Crippen LogP contribution in [0.2, 0.25) is 0 Å². The molecule has 0 unspecified atom stereocenters. The summed E-state index contributed by atoms with van der Waals surface area (Å²) >= 11 is 0. The summed E-state index contributed by atoms with van der Waals surface area (Å²) in [4.78, 5) is 0. The Morgan fingerprint density at radius 3 is 2.58 bits per heavy atom. The van der Waals surface area contributed by atoms with E-state index < -0.39 is 17.6 Å². The number of nitrogens with one attached hydrogen (secondary N) is 1. The molecule has 0 atom stereocenters. The largest absolute Gasteiger partial charge is 0.419 e. The molecule has 0 fully saturated rings. The molecule has 0 amide bonds. The van der Waals surface area contributed by atoms with Gasteiger partial charge < -0.3 is 5.32 Å². The summed E-state index contributed by atoms with van der Waals surface area (Å²) in [5.41, 5.74) is -0.872. The molecular weight excluding hydrogens is 258 g/mol. The van der Waals surface area contributed by atoms with Crippen LogP contribution >= 0.6 is 0 Å². The van der Waals surface area contributed by atoms with Crippen LogP contribution in [-0.4, -0.2) is 13.1 Å². The zero-order valence-electron chi connectivity index (χ0n) is 10.7. The van der Waals surface area contributed by atoms with Crippen molar-refractivity contribution >= 4 is 6.08 Å². The second kappa shape index (κ2) is 7.28. The molecule has 0 saturated heterocycles. The molecule has 1 aromatic carbocycles. The van der Waals surface area contributed by atoms with Crippen molar-refractivity contribution in [3.8, 4) is 0 Å². The zero-order chi connectivity index (χ0) is 14.3. The number of rotatable bonds is 6. The summed E-state index contributed by atoms with van der Waals surface area (Å²) in [6.45, 7) is 3.75. The lowest BCUT2D eigenvalue weighted by molar-refractivity contribution is -0.140. The lowest BCUT2D eigenvalue weighted by atomic mass is 10.1. The molecule has 1 nitrogen and oxygen atoms in total. The van der Waals surface area contributed by atoms with Crippen molar-refractivity contribution < 1.29 is 17.6 Å². The lowest BCUT2D eigenvalue weighted by Crippen LogP contribution is -2.14. The molecule has 0 spiro atoms. The maximum Gasteiger partial charge on any atom is 0.419 e. The van der Waals surface area contributed by atoms with E-state index in [0.717, 1.165) is 38.1 Å². The minimum Gasteiger partial charge on any atom is -0.316 e. The molecule has 106 valence electrons. The Morgan fingerprint density at radius 1 is 1.21 bits per heavy atom. The SMILES string of the molecule is CCCNCC/C=C/c1ccc(F)c(C(F)(F)F)c1. The van der Waals surface area contributed by atoms with Gasteiger partial charge in [0, 0.05) is 0 Å². The second-order valence-electron chi connectivity index (χ2n) is 4.18. The molecule has 0 aliphatic carbocycles. The second-order valence-corrected chi connectivity index (χ2v) is 4.18. The smallest absolute Gasteiger partial charge is 0.316 e. The molecule has 0 heterocycles. The average Bonchev–Trinajstić information content (AvgIpc) is 2.34. The molecule has 1 rings (SSSR count). The molecule has 0 aliphatic heterocycles. The van der Waals surface area contributed by atoms with Crippen LogP contribution in [-0.2, 0) is 6.18 Å². The van der Waals surface area contributed by atoms with Crippen molar-refractivity contribution in [2.24, 2.45) is 0 Å². The predicted octanol–water partition coefficient (Wildman–Crippen LogP) is 4.25. The molecule has 0 aliphatic rings. The van der Waals surface area contributed by atoms with Crippen molar-refractivity contribution in [3.05, 3.63) is 41.2 Å². The maximum absolute atomic E-state index is 13.0. The highest BCUT2D eigenvalue weighted by Crippen LogP contribution is 2.32. The van der Waals surface area contributed by atoms with Crippen LogP contribution in [0.4, 0.5) is 17.6 Å². The summed E-state index contributed by atoms with van der Waals surface area (Å²) < 4.78 is 50.5. The average molecular weight is 275 g/mol. The van der Waals surface area contributed by atoms with Crippen molar-refractivity contribution in [1.29, 1.82) is 0 Å². The van der Waals surface area contributed by atoms with E-state index in [0.29, 0.717) is 5.56 Å². The summed E-state index contributed by atoms with van der Waals surface area (Å²) in [7, 11) is 0. The minimum absolute atomic E-state index is 0.351. The Hall–Kier alpha value is -1.36. The maximum atomic E-state index is 13.0. The van der Waals surface area contributed by atoms with Gasteiger partial charge in [0.05, 0.1) is 5.56 Å². The van der Waals surface area contributed by atoms with Crippen LogP contribution in [0.15, 0.2) is 24.3 Å². The molecule has 1 N–H and O–H groups in total. The molecule has 1 aromatic rings. The van der Waals surface area contributed by atoms with Crippen molar-refractivity contribution in [1.82, 2.24) is 5.32 Å². The van der Waals surface area contributed by atoms with E-state index in [-0.39, 0.29) is 0 Å². The van der Waals surface area contributed by atoms with Gasteiger partial charge in [-0.05, 0) is 43.6 Å². The summed E-state index contributed by atoms with van der Waals surface area (Å²) in [6.07, 6.45) is 0.449. The third-order valence-electron chi connectivity index (χ3n) is 2.52. The number of hydrogen-bond acceptors (Lipinski definition) is 1. The molecule has 0 aromatic heterocycles. The first-order valence-electron chi connectivity index (χ1n) is 6.19. The predicted molar refractivity (Wildman–Crippen MR) is 68.2 cm³/mol. The van der Waals surface area contributed by atoms with E-state index in [1.165, 1.54) is 6.07 Å². The van der Waals surface area contributed by atoms with Crippen molar-refractivity contribution in [2.45, 2.75) is 25.9 Å². The van der Waals surface area contributed by atoms with Gasteiger partial charge in [-0.25, -0.2) is 4.39 Å². The highest BCUT2D eigenvalue weighted by atomic mass is 19.4. The van der Waals surface area contributed by atoms with E-state index in [1.54, 1.807) is 12.2 Å². The van der Waals surface area contributed by atoms with Gasteiger partial charge in [-0.15, -0.1) is 0 Å². The summed E-state index contributed by atoms with van der Waals surface area (Å²) in [5.74, 6) is -1.24. The first kappa shape index (κ1) is 15.7. The Bertz CT molecular complexity index is 424. The third-order valence-corrected chi connectivity index (χ3v) is 2.52. The topological polar surface area (TPSA) is 12.0 Å². The fourth-order valence-corrected chi connectivity index (χ4v) is 1.57. The van der Waals surface area contributed by atoms with E-state index in [1.807, 2.05) is 0 Å². The Kier molecular flexibility index (Phi) is 6.02. The van der Waals surface area contributed by atoms with E-state index in [2.05, 4.69) is 12.2 Å². The van der Waals surface area contributed by atoms with Crippen LogP contribution in [0.5, 0.6) is 0 Å². The number of hydrogen-bond donors (Lipinski definition) is 1. The standard InChI is InChI=1S/C14H17F4N/c1-2-8-19-9-4-3-5-11-6-7-13(15)12(10-11)14(16,17)18/h3,5-7,10,19H,2,4,8-9H2,1H3/b5-3+. The quantitative estimate of drug-likeness (QED) is 0.604. The Balaban J connectivity index is 2.62. The van der Waals surface area contributed by atoms with Crippen LogP contribution in [0.25, 0.3) is 6.08 Å². The van der Waals surface area contributed by atoms with Crippen LogP contribution in [0.3, 0.4) is 0 Å². The van der Waals surface area contributed by atoms with Crippen LogP contribution < -0.4 is 5.32 Å². The monoisotopic (exact) mass is 275 g/mol. The molecule has 0 saturated carbocycles. The van der Waals surface area contributed by atoms with Crippen LogP contribution in [0, 0.1) is 5.82 Å². The third kappa shape index (κ3) is 5.42. The van der Waals surface area contributed by atoms with Crippen molar-refractivity contribution in [3.63, 3.8) is 0 Å². The zero-order valence-corrected chi connectivity index (χ0v) is 10.7. The van der Waals surface area contributed by atoms with Gasteiger partial charge in [-0.2, -0.15) is 13.2 Å². The summed E-state index contributed by atoms with van der Waals surface area (Å²) in [5, 5.41) is 3.17. The first-order valence-corrected chi connectivity index (χ1v) is 6.19. The lowest BCUT2D eigenvalue weighted by Gasteiger charge is -2.08. The van der Waals surface area contributed by atoms with Crippen LogP contribution in [0.1, 0.15) is 30.9 Å². The van der Waals surface area contributed by atoms with Gasteiger partial charge in [-0.1, -0.05) is 25.1 Å². The van der Waals surface area contributed by atoms with Gasteiger partial charge in [-0.3, -0.25) is 0 Å².